The first-order valence-electron chi connectivity index (χ1n) is 6.39. The molecule has 0 aromatic heterocycles. The second kappa shape index (κ2) is 6.16. The smallest absolute Gasteiger partial charge is 0.131 e. The number of benzene rings is 1. The maximum absolute atomic E-state index is 13.8. The third-order valence-electron chi connectivity index (χ3n) is 3.35. The van der Waals surface area contributed by atoms with E-state index in [0.717, 1.165) is 26.0 Å². The number of methoxy groups -OCH3 is 1. The van der Waals surface area contributed by atoms with Crippen molar-refractivity contribution in [2.24, 2.45) is 0 Å². The molecule has 4 heteroatoms. The van der Waals surface area contributed by atoms with Gasteiger partial charge in [0.2, 0.25) is 0 Å². The molecular formula is C14H20FNO2. The quantitative estimate of drug-likeness (QED) is 0.875. The van der Waals surface area contributed by atoms with Crippen LogP contribution in [0.3, 0.4) is 0 Å². The Bertz CT molecular complexity index is 391. The lowest BCUT2D eigenvalue weighted by Gasteiger charge is -2.18. The fourth-order valence-corrected chi connectivity index (χ4v) is 2.21. The van der Waals surface area contributed by atoms with Gasteiger partial charge < -0.3 is 14.8 Å². The monoisotopic (exact) mass is 253 g/mol. The molecule has 1 heterocycles. The predicted octanol–water partition coefficient (Wildman–Crippen LogP) is 2.66. The fourth-order valence-electron chi connectivity index (χ4n) is 2.21. The maximum Gasteiger partial charge on any atom is 0.131 e. The highest BCUT2D eigenvalue weighted by atomic mass is 19.1. The molecule has 3 nitrogen and oxygen atoms in total. The van der Waals surface area contributed by atoms with Crippen LogP contribution in [0.5, 0.6) is 5.75 Å². The molecule has 2 atom stereocenters. The summed E-state index contributed by atoms with van der Waals surface area (Å²) in [5.41, 5.74) is 0.661. The Morgan fingerprint density at radius 1 is 1.56 bits per heavy atom. The molecule has 0 radical (unpaired) electrons. The molecule has 0 aliphatic carbocycles. The van der Waals surface area contributed by atoms with Gasteiger partial charge in [-0.15, -0.1) is 0 Å². The third kappa shape index (κ3) is 3.21. The largest absolute Gasteiger partial charge is 0.497 e. The van der Waals surface area contributed by atoms with Gasteiger partial charge in [-0.3, -0.25) is 0 Å². The molecule has 100 valence electrons. The van der Waals surface area contributed by atoms with Gasteiger partial charge in [-0.05, 0) is 25.8 Å². The predicted molar refractivity (Wildman–Crippen MR) is 68.3 cm³/mol. The summed E-state index contributed by atoms with van der Waals surface area (Å²) in [4.78, 5) is 0. The zero-order valence-corrected chi connectivity index (χ0v) is 10.9. The first-order valence-corrected chi connectivity index (χ1v) is 6.39. The van der Waals surface area contributed by atoms with Crippen molar-refractivity contribution in [3.05, 3.63) is 29.6 Å². The number of hydrogen-bond donors (Lipinski definition) is 1. The van der Waals surface area contributed by atoms with Crippen LogP contribution in [0.15, 0.2) is 18.2 Å². The normalized spacial score (nSPS) is 20.9. The fraction of sp³-hybridized carbons (Fsp3) is 0.571. The summed E-state index contributed by atoms with van der Waals surface area (Å²) in [6.45, 7) is 3.57. The van der Waals surface area contributed by atoms with Crippen LogP contribution in [0, 0.1) is 5.82 Å². The average molecular weight is 253 g/mol. The Labute approximate surface area is 107 Å². The molecular weight excluding hydrogens is 233 g/mol. The molecule has 0 bridgehead atoms. The van der Waals surface area contributed by atoms with Crippen LogP contribution in [-0.2, 0) is 4.74 Å². The van der Waals surface area contributed by atoms with Gasteiger partial charge in [-0.25, -0.2) is 4.39 Å². The van der Waals surface area contributed by atoms with Crippen LogP contribution in [0.2, 0.25) is 0 Å². The summed E-state index contributed by atoms with van der Waals surface area (Å²) >= 11 is 0. The highest BCUT2D eigenvalue weighted by Gasteiger charge is 2.17. The maximum atomic E-state index is 13.8. The van der Waals surface area contributed by atoms with Crippen LogP contribution in [0.4, 0.5) is 4.39 Å². The van der Waals surface area contributed by atoms with Gasteiger partial charge in [0.15, 0.2) is 0 Å². The van der Waals surface area contributed by atoms with Gasteiger partial charge in [0, 0.05) is 30.8 Å². The van der Waals surface area contributed by atoms with Crippen molar-refractivity contribution in [2.45, 2.75) is 31.9 Å². The van der Waals surface area contributed by atoms with E-state index >= 15 is 0 Å². The van der Waals surface area contributed by atoms with Crippen LogP contribution in [0.1, 0.15) is 31.4 Å². The van der Waals surface area contributed by atoms with E-state index in [1.807, 2.05) is 6.92 Å². The van der Waals surface area contributed by atoms with Crippen LogP contribution < -0.4 is 10.1 Å². The van der Waals surface area contributed by atoms with E-state index in [0.29, 0.717) is 11.3 Å². The molecule has 0 saturated carbocycles. The number of hydrogen-bond acceptors (Lipinski definition) is 3. The first kappa shape index (κ1) is 13.3. The van der Waals surface area contributed by atoms with Crippen molar-refractivity contribution in [1.29, 1.82) is 0 Å². The van der Waals surface area contributed by atoms with Crippen molar-refractivity contribution in [3.63, 3.8) is 0 Å². The van der Waals surface area contributed by atoms with Gasteiger partial charge in [-0.1, -0.05) is 6.07 Å². The molecule has 0 amide bonds. The molecule has 1 aromatic rings. The lowest BCUT2D eigenvalue weighted by Crippen LogP contribution is -2.29. The molecule has 18 heavy (non-hydrogen) atoms. The average Bonchev–Trinajstić information content (AvgIpc) is 2.88. The van der Waals surface area contributed by atoms with Crippen molar-refractivity contribution in [1.82, 2.24) is 5.32 Å². The lowest BCUT2D eigenvalue weighted by molar-refractivity contribution is 0.108. The molecule has 0 spiro atoms. The molecule has 1 aliphatic heterocycles. The summed E-state index contributed by atoms with van der Waals surface area (Å²) < 4.78 is 24.4. The highest BCUT2D eigenvalue weighted by molar-refractivity contribution is 5.30. The number of halogens is 1. The second-order valence-electron chi connectivity index (χ2n) is 4.65. The Morgan fingerprint density at radius 3 is 3.00 bits per heavy atom. The van der Waals surface area contributed by atoms with E-state index in [2.05, 4.69) is 5.32 Å². The van der Waals surface area contributed by atoms with E-state index in [4.69, 9.17) is 9.47 Å². The van der Waals surface area contributed by atoms with E-state index in [1.165, 1.54) is 13.2 Å². The molecule has 1 aliphatic rings. The molecule has 1 aromatic carbocycles. The zero-order chi connectivity index (χ0) is 13.0. The van der Waals surface area contributed by atoms with Gasteiger partial charge in [-0.2, -0.15) is 0 Å². The van der Waals surface area contributed by atoms with Crippen molar-refractivity contribution >= 4 is 0 Å². The van der Waals surface area contributed by atoms with E-state index < -0.39 is 0 Å². The summed E-state index contributed by atoms with van der Waals surface area (Å²) in [6, 6.07) is 4.93. The summed E-state index contributed by atoms with van der Waals surface area (Å²) in [5.74, 6) is 0.310. The molecule has 1 fully saturated rings. The third-order valence-corrected chi connectivity index (χ3v) is 3.35. The van der Waals surface area contributed by atoms with E-state index in [9.17, 15) is 4.39 Å². The number of ether oxygens (including phenoxy) is 2. The van der Waals surface area contributed by atoms with Gasteiger partial charge in [0.25, 0.3) is 0 Å². The van der Waals surface area contributed by atoms with Gasteiger partial charge >= 0.3 is 0 Å². The summed E-state index contributed by atoms with van der Waals surface area (Å²) in [6.07, 6.45) is 2.48. The van der Waals surface area contributed by atoms with E-state index in [-0.39, 0.29) is 18.0 Å². The van der Waals surface area contributed by atoms with E-state index in [1.54, 1.807) is 12.1 Å². The highest BCUT2D eigenvalue weighted by Crippen LogP contribution is 2.22. The van der Waals surface area contributed by atoms with Crippen LogP contribution in [-0.4, -0.2) is 26.4 Å². The minimum absolute atomic E-state index is 0.0277. The Morgan fingerprint density at radius 2 is 2.39 bits per heavy atom. The van der Waals surface area contributed by atoms with Crippen LogP contribution >= 0.6 is 0 Å². The minimum Gasteiger partial charge on any atom is -0.497 e. The standard InChI is InChI=1S/C14H20FNO2/c1-10(16-9-12-4-3-7-18-12)13-6-5-11(17-2)8-14(13)15/h5-6,8,10,12,16H,3-4,7,9H2,1-2H3. The Balaban J connectivity index is 1.93. The SMILES string of the molecule is COc1ccc(C(C)NCC2CCCO2)c(F)c1. The van der Waals surface area contributed by atoms with Crippen LogP contribution in [0.25, 0.3) is 0 Å². The lowest BCUT2D eigenvalue weighted by atomic mass is 10.1. The number of nitrogens with one attached hydrogen (secondary N) is 1. The molecule has 1 saturated heterocycles. The van der Waals surface area contributed by atoms with Crippen molar-refractivity contribution < 1.29 is 13.9 Å². The topological polar surface area (TPSA) is 30.5 Å². The zero-order valence-electron chi connectivity index (χ0n) is 10.9. The molecule has 1 N–H and O–H groups in total. The van der Waals surface area contributed by atoms with Crippen molar-refractivity contribution in [3.8, 4) is 5.75 Å². The van der Waals surface area contributed by atoms with Crippen molar-refractivity contribution in [2.75, 3.05) is 20.3 Å². The Hall–Kier alpha value is -1.13. The first-order chi connectivity index (χ1) is 8.70. The summed E-state index contributed by atoms with van der Waals surface area (Å²) in [7, 11) is 1.54. The second-order valence-corrected chi connectivity index (χ2v) is 4.65. The van der Waals surface area contributed by atoms with Gasteiger partial charge in [0.1, 0.15) is 11.6 Å². The van der Waals surface area contributed by atoms with Gasteiger partial charge in [0.05, 0.1) is 13.2 Å². The molecule has 2 unspecified atom stereocenters. The number of rotatable bonds is 5. The summed E-state index contributed by atoms with van der Waals surface area (Å²) in [5, 5.41) is 3.31. The minimum atomic E-state index is -0.235. The molecule has 2 rings (SSSR count). The Kier molecular flexibility index (Phi) is 4.55.